The molecule has 17 bridgehead atoms. The second-order valence-corrected chi connectivity index (χ2v) is 29.6. The number of carbonyl (C=O) groups excluding carboxylic acids is 7. The van der Waals surface area contributed by atoms with Crippen LogP contribution >= 0.6 is 0 Å². The van der Waals surface area contributed by atoms with Crippen molar-refractivity contribution in [2.45, 2.75) is 181 Å². The van der Waals surface area contributed by atoms with Gasteiger partial charge in [-0.25, -0.2) is 9.59 Å². The Morgan fingerprint density at radius 3 is 1.72 bits per heavy atom. The number of amides is 7. The topological polar surface area (TPSA) is 577 Å². The van der Waals surface area contributed by atoms with Crippen molar-refractivity contribution in [1.29, 1.82) is 0 Å². The van der Waals surface area contributed by atoms with Crippen LogP contribution in [0.2, 0.25) is 0 Å². The van der Waals surface area contributed by atoms with Crippen LogP contribution in [0.4, 0.5) is 0 Å². The molecule has 7 aromatic rings. The van der Waals surface area contributed by atoms with Gasteiger partial charge in [0.1, 0.15) is 125 Å². The summed E-state index contributed by atoms with van der Waals surface area (Å²) in [4.78, 5) is 135. The fraction of sp³-hybridized carbons (Fsp3) is 0.378. The minimum atomic E-state index is -2.39. The molecule has 0 aliphatic carbocycles. The molecule has 119 heavy (non-hydrogen) atoms. The molecular weight excluding hydrogens is 1560 g/mol. The van der Waals surface area contributed by atoms with Crippen LogP contribution in [-0.4, -0.2) is 207 Å². The van der Waals surface area contributed by atoms with Crippen molar-refractivity contribution < 1.29 is 143 Å². The Bertz CT molecular complexity index is 5010. The van der Waals surface area contributed by atoms with Gasteiger partial charge in [0.05, 0.1) is 6.61 Å². The lowest BCUT2D eigenvalue weighted by molar-refractivity contribution is -0.277. The summed E-state index contributed by atoms with van der Waals surface area (Å²) in [6, 6.07) is 8.15. The average molecular weight is 1650 g/mol. The second kappa shape index (κ2) is 36.2. The number of aliphatic hydroxyl groups excluding tert-OH is 7. The van der Waals surface area contributed by atoms with E-state index in [1.165, 1.54) is 79.8 Å². The van der Waals surface area contributed by atoms with Crippen LogP contribution in [0.3, 0.4) is 0 Å². The van der Waals surface area contributed by atoms with E-state index in [9.17, 15) is 85.6 Å². The molecule has 21 N–H and O–H groups in total. The molecule has 18 atom stereocenters. The standard InChI is InChI=1S/C82H88N8O29/c1-3-4-5-6-7-8-9-10-11-56(96)85-64-67(99)69(101)72(80(111)112)119-81(64)118-71-53-29-40-30-54(71)114-44-20-14-36(15-21-44)65(97)63-78(108)89-62(79(109)110)47-32-42(93)33-52(116-82-70(102)68(100)66(98)55(34-91)117-82)57(47)46-27-37(16-22-49(46)94)59(75(105)90-63)87-77(107)61(40)88-76(106)60-39-25-41(92)31-45(26-39)115-51-28-38(17-23-50(51)95)58(83-2)74(104)84-48(73(103)86-60)24-35-12-18-43(113-53)19-13-35/h12-23,25-33,48,55,58-70,72,81-83,91-95,97-102H,3-11,24,34H2,1-2H3,(H,84,104)(H,85,96)(H,86,103)(H,87,107)(H,88,106)(H,89,108)(H,90,105)(H,109,110)(H,111,112)/t48?,55-,58?,59?,60?,61?,62?,63?,64-,65?,66-,67-,68+,69+,70+,72+,81-,82+/m1/s1. The number of likely N-dealkylation sites (N-methyl/N-ethyl adjacent to an activating group) is 1. The van der Waals surface area contributed by atoms with Crippen molar-refractivity contribution in [2.75, 3.05) is 13.7 Å². The maximum atomic E-state index is 16.6. The quantitative estimate of drug-likeness (QED) is 0.0549. The Kier molecular flexibility index (Phi) is 25.7. The highest BCUT2D eigenvalue weighted by Gasteiger charge is 2.51. The number of carboxylic acid groups (broad SMARTS) is 2. The number of nitrogens with one attached hydrogen (secondary N) is 8. The van der Waals surface area contributed by atoms with Gasteiger partial charge in [-0.15, -0.1) is 0 Å². The summed E-state index contributed by atoms with van der Waals surface area (Å²) in [5.41, 5.74) is -2.69. The summed E-state index contributed by atoms with van der Waals surface area (Å²) in [5, 5.41) is 168. The van der Waals surface area contributed by atoms with E-state index in [1.807, 2.05) is 0 Å². The third-order valence-electron chi connectivity index (χ3n) is 21.3. The van der Waals surface area contributed by atoms with Crippen molar-refractivity contribution in [3.05, 3.63) is 166 Å². The fourth-order valence-electron chi connectivity index (χ4n) is 15.0. The van der Waals surface area contributed by atoms with Crippen LogP contribution in [0.25, 0.3) is 11.1 Å². The molecule has 2 saturated heterocycles. The number of carbonyl (C=O) groups is 9. The molecule has 7 aromatic carbocycles. The first-order chi connectivity index (χ1) is 57.0. The van der Waals surface area contributed by atoms with E-state index in [2.05, 4.69) is 49.5 Å². The van der Waals surface area contributed by atoms with Gasteiger partial charge in [0.15, 0.2) is 35.1 Å². The monoisotopic (exact) mass is 1650 g/mol. The first-order valence-electron chi connectivity index (χ1n) is 38.3. The lowest BCUT2D eigenvalue weighted by Gasteiger charge is -2.41. The van der Waals surface area contributed by atoms with E-state index in [-0.39, 0.29) is 52.5 Å². The Hall–Kier alpha value is -12.4. The summed E-state index contributed by atoms with van der Waals surface area (Å²) in [6.45, 7) is 1.11. The number of phenols is 4. The lowest BCUT2D eigenvalue weighted by atomic mass is 9.89. The first-order valence-corrected chi connectivity index (χ1v) is 38.3. The first kappa shape index (κ1) is 84.5. The van der Waals surface area contributed by atoms with Crippen LogP contribution in [0.1, 0.15) is 140 Å². The highest BCUT2D eigenvalue weighted by atomic mass is 16.7. The Morgan fingerprint density at radius 2 is 1.08 bits per heavy atom. The predicted octanol–water partition coefficient (Wildman–Crippen LogP) is 2.63. The van der Waals surface area contributed by atoms with Gasteiger partial charge in [-0.1, -0.05) is 88.3 Å². The Labute approximate surface area is 676 Å². The molecule has 8 heterocycles. The van der Waals surface area contributed by atoms with Gasteiger partial charge in [-0.2, -0.15) is 0 Å². The van der Waals surface area contributed by atoms with Gasteiger partial charge < -0.3 is 142 Å². The number of unbranched alkanes of at least 4 members (excludes halogenated alkanes) is 7. The SMILES string of the molecule is CCCCCCCCCCC(=O)N[C@H]1[C@H](Oc2c3cc4cc2Oc2ccc(cc2)C(O)C2NC(=O)C(NC(=O)C4NC(=O)C4NC(=O)C(Cc5ccc(cc5)O3)NC(=O)C(NC)c3ccc(O)c(c3)Oc3cc(O)cc4c3)c3ccc(O)c(c3)-c3c(O[C@H]4O[C@H](CO)[C@@H](O)[C@H](O)[C@@H]4O)cc(O)cc3C(C(=O)O)NC2=O)O[C@H](C(=O)O)[C@@H](O)[C@@H]1O. The van der Waals surface area contributed by atoms with Gasteiger partial charge >= 0.3 is 11.9 Å². The van der Waals surface area contributed by atoms with Crippen molar-refractivity contribution in [2.24, 2.45) is 0 Å². The number of aromatic hydroxyl groups is 4. The summed E-state index contributed by atoms with van der Waals surface area (Å²) in [5.74, 6) is -18.2. The number of aliphatic carboxylic acids is 2. The molecule has 0 radical (unpaired) electrons. The van der Waals surface area contributed by atoms with Crippen molar-refractivity contribution in [3.63, 3.8) is 0 Å². The van der Waals surface area contributed by atoms with Gasteiger partial charge in [0.25, 0.3) is 0 Å². The fourth-order valence-corrected chi connectivity index (χ4v) is 15.0. The van der Waals surface area contributed by atoms with Crippen LogP contribution < -0.4 is 66.2 Å². The van der Waals surface area contributed by atoms with Crippen LogP contribution in [0, 0.1) is 0 Å². The Balaban J connectivity index is 1.03. The lowest BCUT2D eigenvalue weighted by Crippen LogP contribution is -2.66. The minimum Gasteiger partial charge on any atom is -0.508 e. The van der Waals surface area contributed by atoms with Crippen molar-refractivity contribution >= 4 is 53.3 Å². The highest BCUT2D eigenvalue weighted by molar-refractivity contribution is 6.00. The molecule has 8 aliphatic heterocycles. The van der Waals surface area contributed by atoms with E-state index < -0.39 is 243 Å². The number of benzene rings is 7. The minimum absolute atomic E-state index is 0.113. The highest BCUT2D eigenvalue weighted by Crippen LogP contribution is 2.49. The van der Waals surface area contributed by atoms with Crippen LogP contribution in [0.15, 0.2) is 127 Å². The molecule has 630 valence electrons. The zero-order chi connectivity index (χ0) is 84.9. The van der Waals surface area contributed by atoms with Crippen molar-refractivity contribution in [1.82, 2.24) is 42.5 Å². The number of phenolic OH excluding ortho intramolecular Hbond substituents is 4. The van der Waals surface area contributed by atoms with Crippen LogP contribution in [-0.2, 0) is 59.0 Å². The molecule has 37 nitrogen and oxygen atoms in total. The number of hydrogen-bond acceptors (Lipinski definition) is 28. The van der Waals surface area contributed by atoms with E-state index in [4.69, 9.17) is 33.2 Å². The van der Waals surface area contributed by atoms with Crippen LogP contribution in [0.5, 0.6) is 69.0 Å². The van der Waals surface area contributed by atoms with Gasteiger partial charge in [0.2, 0.25) is 59.7 Å². The summed E-state index contributed by atoms with van der Waals surface area (Å²) in [7, 11) is 1.43. The molecule has 37 heteroatoms. The number of carboxylic acids is 2. The van der Waals surface area contributed by atoms with E-state index in [0.29, 0.717) is 18.4 Å². The third kappa shape index (κ3) is 18.5. The van der Waals surface area contributed by atoms with E-state index in [0.717, 1.165) is 93.1 Å². The average Bonchev–Trinajstić information content (AvgIpc) is 0.763. The largest absolute Gasteiger partial charge is 0.508 e. The normalized spacial score (nSPS) is 26.8. The number of fused-ring (bicyclic) bond motifs is 14. The summed E-state index contributed by atoms with van der Waals surface area (Å²) >= 11 is 0. The van der Waals surface area contributed by atoms with Gasteiger partial charge in [-0.3, -0.25) is 33.6 Å². The molecule has 7 amide bonds. The molecule has 15 rings (SSSR count). The van der Waals surface area contributed by atoms with Gasteiger partial charge in [-0.05, 0) is 126 Å². The molecule has 2 fully saturated rings. The molecular formula is C82H88N8O29. The smallest absolute Gasteiger partial charge is 0.335 e. The molecule has 0 spiro atoms. The molecule has 8 aliphatic rings. The van der Waals surface area contributed by atoms with Gasteiger partial charge in [0, 0.05) is 41.7 Å². The number of hydrogen-bond donors (Lipinski definition) is 21. The third-order valence-corrected chi connectivity index (χ3v) is 21.3. The summed E-state index contributed by atoms with van der Waals surface area (Å²) < 4.78 is 43.9. The zero-order valence-electron chi connectivity index (χ0n) is 63.6. The predicted molar refractivity (Wildman–Crippen MR) is 409 cm³/mol. The molecule has 0 aromatic heterocycles. The molecule has 0 saturated carbocycles. The van der Waals surface area contributed by atoms with E-state index >= 15 is 24.0 Å². The maximum Gasteiger partial charge on any atom is 0.335 e. The number of ether oxygens (including phenoxy) is 7. The zero-order valence-corrected chi connectivity index (χ0v) is 63.6. The van der Waals surface area contributed by atoms with Crippen molar-refractivity contribution in [3.8, 4) is 80.1 Å². The Morgan fingerprint density at radius 1 is 0.496 bits per heavy atom. The number of rotatable bonds is 18. The molecule has 8 unspecified atom stereocenters. The number of aliphatic hydroxyl groups is 7. The maximum absolute atomic E-state index is 16.6. The van der Waals surface area contributed by atoms with E-state index in [1.54, 1.807) is 0 Å². The summed E-state index contributed by atoms with van der Waals surface area (Å²) in [6.07, 6.45) is -14.7. The second-order valence-electron chi connectivity index (χ2n) is 29.6.